The molecule has 0 saturated carbocycles. The van der Waals surface area contributed by atoms with Gasteiger partial charge in [0.05, 0.1) is 11.5 Å². The number of rotatable bonds is 3. The lowest BCUT2D eigenvalue weighted by Crippen LogP contribution is -2.40. The SMILES string of the molecule is CC1CCCN(c2nc3c(c(=O)[nH]2)C(C(=O)Nc2ccccc2)CC(=O)N3)C1. The summed E-state index contributed by atoms with van der Waals surface area (Å²) in [5.74, 6) is -0.463. The number of anilines is 3. The number of fused-ring (bicyclic) bond motifs is 1. The quantitative estimate of drug-likeness (QED) is 0.754. The highest BCUT2D eigenvalue weighted by atomic mass is 16.2. The third kappa shape index (κ3) is 3.62. The van der Waals surface area contributed by atoms with Crippen molar-refractivity contribution in [2.24, 2.45) is 5.92 Å². The van der Waals surface area contributed by atoms with Crippen molar-refractivity contribution in [2.75, 3.05) is 28.6 Å². The van der Waals surface area contributed by atoms with Crippen molar-refractivity contribution in [1.82, 2.24) is 9.97 Å². The number of carbonyl (C=O) groups excluding carboxylic acids is 2. The minimum atomic E-state index is -0.880. The van der Waals surface area contributed by atoms with Crippen molar-refractivity contribution in [3.8, 4) is 0 Å². The third-order valence-electron chi connectivity index (χ3n) is 5.25. The van der Waals surface area contributed by atoms with Gasteiger partial charge in [0.2, 0.25) is 17.8 Å². The fourth-order valence-corrected chi connectivity index (χ4v) is 3.87. The van der Waals surface area contributed by atoms with Crippen LogP contribution in [0.5, 0.6) is 0 Å². The molecule has 2 aliphatic rings. The van der Waals surface area contributed by atoms with E-state index in [1.807, 2.05) is 11.0 Å². The number of H-pyrrole nitrogens is 1. The Kier molecular flexibility index (Phi) is 4.85. The highest BCUT2D eigenvalue weighted by Gasteiger charge is 2.35. The Bertz CT molecular complexity index is 956. The summed E-state index contributed by atoms with van der Waals surface area (Å²) >= 11 is 0. The number of piperidine rings is 1. The maximum absolute atomic E-state index is 12.8. The second-order valence-electron chi connectivity index (χ2n) is 7.51. The van der Waals surface area contributed by atoms with Crippen molar-refractivity contribution in [3.63, 3.8) is 0 Å². The van der Waals surface area contributed by atoms with Gasteiger partial charge in [0, 0.05) is 25.2 Å². The number of carbonyl (C=O) groups is 2. The number of hydrogen-bond donors (Lipinski definition) is 3. The summed E-state index contributed by atoms with van der Waals surface area (Å²) < 4.78 is 0. The van der Waals surface area contributed by atoms with Gasteiger partial charge in [-0.15, -0.1) is 0 Å². The molecule has 1 fully saturated rings. The Morgan fingerprint density at radius 3 is 2.79 bits per heavy atom. The fraction of sp³-hybridized carbons (Fsp3) is 0.400. The molecule has 2 amide bonds. The number of aromatic amines is 1. The van der Waals surface area contributed by atoms with E-state index in [0.29, 0.717) is 17.6 Å². The van der Waals surface area contributed by atoms with Gasteiger partial charge in [-0.3, -0.25) is 19.4 Å². The van der Waals surface area contributed by atoms with Crippen LogP contribution in [0.15, 0.2) is 35.1 Å². The zero-order valence-electron chi connectivity index (χ0n) is 15.7. The highest BCUT2D eigenvalue weighted by Crippen LogP contribution is 2.30. The normalized spacial score (nSPS) is 21.6. The molecule has 28 heavy (non-hydrogen) atoms. The molecule has 8 heteroatoms. The summed E-state index contributed by atoms with van der Waals surface area (Å²) in [6.45, 7) is 3.76. The van der Waals surface area contributed by atoms with E-state index in [1.165, 1.54) is 0 Å². The van der Waals surface area contributed by atoms with Gasteiger partial charge >= 0.3 is 0 Å². The molecule has 0 radical (unpaired) electrons. The Hall–Kier alpha value is -3.16. The van der Waals surface area contributed by atoms with Gasteiger partial charge in [0.25, 0.3) is 5.56 Å². The first kappa shape index (κ1) is 18.2. The molecule has 1 aromatic heterocycles. The van der Waals surface area contributed by atoms with Crippen LogP contribution >= 0.6 is 0 Å². The molecule has 1 saturated heterocycles. The predicted octanol–water partition coefficient (Wildman–Crippen LogP) is 2.07. The van der Waals surface area contributed by atoms with E-state index in [0.717, 1.165) is 25.9 Å². The standard InChI is InChI=1S/C20H23N5O3/c1-12-6-5-9-25(11-12)20-23-17-16(19(28)24-20)14(10-15(26)22-17)18(27)21-13-7-3-2-4-8-13/h2-4,7-8,12,14H,5-6,9-11H2,1H3,(H,21,27)(H2,22,23,24,26,28). The number of amides is 2. The van der Waals surface area contributed by atoms with Crippen LogP contribution in [0.1, 0.15) is 37.7 Å². The molecule has 0 bridgehead atoms. The lowest BCUT2D eigenvalue weighted by Gasteiger charge is -2.32. The molecule has 3 heterocycles. The first-order valence-electron chi connectivity index (χ1n) is 9.56. The Morgan fingerprint density at radius 2 is 2.04 bits per heavy atom. The molecule has 8 nitrogen and oxygen atoms in total. The Labute approximate surface area is 162 Å². The molecular weight excluding hydrogens is 358 g/mol. The molecule has 0 aliphatic carbocycles. The summed E-state index contributed by atoms with van der Waals surface area (Å²) in [4.78, 5) is 47.1. The monoisotopic (exact) mass is 381 g/mol. The van der Waals surface area contributed by atoms with Crippen LogP contribution in [0.3, 0.4) is 0 Å². The van der Waals surface area contributed by atoms with Crippen LogP contribution in [0, 0.1) is 5.92 Å². The lowest BCUT2D eigenvalue weighted by molar-refractivity contribution is -0.123. The molecule has 0 spiro atoms. The number of para-hydroxylation sites is 1. The van der Waals surface area contributed by atoms with E-state index in [1.54, 1.807) is 24.3 Å². The molecule has 146 valence electrons. The summed E-state index contributed by atoms with van der Waals surface area (Å²) in [5.41, 5.74) is 0.441. The average molecular weight is 381 g/mol. The second kappa shape index (κ2) is 7.46. The summed E-state index contributed by atoms with van der Waals surface area (Å²) in [6.07, 6.45) is 2.08. The van der Waals surface area contributed by atoms with Gasteiger partial charge in [-0.1, -0.05) is 25.1 Å². The Balaban J connectivity index is 1.65. The highest BCUT2D eigenvalue weighted by molar-refractivity contribution is 6.04. The Morgan fingerprint density at radius 1 is 1.25 bits per heavy atom. The number of hydrogen-bond acceptors (Lipinski definition) is 5. The zero-order valence-corrected chi connectivity index (χ0v) is 15.7. The van der Waals surface area contributed by atoms with Crippen LogP contribution in [0.4, 0.5) is 17.5 Å². The van der Waals surface area contributed by atoms with Gasteiger partial charge in [0.15, 0.2) is 0 Å². The summed E-state index contributed by atoms with van der Waals surface area (Å²) in [7, 11) is 0. The topological polar surface area (TPSA) is 107 Å². The minimum Gasteiger partial charge on any atom is -0.342 e. The molecule has 1 aromatic carbocycles. The van der Waals surface area contributed by atoms with E-state index in [9.17, 15) is 14.4 Å². The first-order chi connectivity index (χ1) is 13.5. The van der Waals surface area contributed by atoms with Crippen LogP contribution < -0.4 is 21.1 Å². The minimum absolute atomic E-state index is 0.0868. The third-order valence-corrected chi connectivity index (χ3v) is 5.25. The van der Waals surface area contributed by atoms with Crippen molar-refractivity contribution in [2.45, 2.75) is 32.1 Å². The largest absolute Gasteiger partial charge is 0.342 e. The van der Waals surface area contributed by atoms with Crippen LogP contribution in [-0.2, 0) is 9.59 Å². The molecule has 4 rings (SSSR count). The van der Waals surface area contributed by atoms with Crippen molar-refractivity contribution >= 4 is 29.3 Å². The maximum Gasteiger partial charge on any atom is 0.258 e. The summed E-state index contributed by atoms with van der Waals surface area (Å²) in [5, 5.41) is 5.44. The van der Waals surface area contributed by atoms with Crippen molar-refractivity contribution in [3.05, 3.63) is 46.2 Å². The molecule has 3 N–H and O–H groups in total. The number of aromatic nitrogens is 2. The van der Waals surface area contributed by atoms with Crippen LogP contribution in [-0.4, -0.2) is 34.9 Å². The lowest BCUT2D eigenvalue weighted by atomic mass is 9.92. The van der Waals surface area contributed by atoms with Gasteiger partial charge in [-0.25, -0.2) is 0 Å². The molecular formula is C20H23N5O3. The molecule has 2 atom stereocenters. The second-order valence-corrected chi connectivity index (χ2v) is 7.51. The number of nitrogens with one attached hydrogen (secondary N) is 3. The first-order valence-corrected chi connectivity index (χ1v) is 9.56. The molecule has 2 aliphatic heterocycles. The van der Waals surface area contributed by atoms with Crippen molar-refractivity contribution < 1.29 is 9.59 Å². The molecule has 2 aromatic rings. The summed E-state index contributed by atoms with van der Waals surface area (Å²) in [6, 6.07) is 8.96. The average Bonchev–Trinajstić information content (AvgIpc) is 2.67. The van der Waals surface area contributed by atoms with Gasteiger partial charge in [-0.2, -0.15) is 4.98 Å². The fourth-order valence-electron chi connectivity index (χ4n) is 3.87. The van der Waals surface area contributed by atoms with Crippen molar-refractivity contribution in [1.29, 1.82) is 0 Å². The van der Waals surface area contributed by atoms with E-state index in [4.69, 9.17) is 0 Å². The number of benzene rings is 1. The maximum atomic E-state index is 12.8. The smallest absolute Gasteiger partial charge is 0.258 e. The van der Waals surface area contributed by atoms with Gasteiger partial charge in [-0.05, 0) is 30.9 Å². The van der Waals surface area contributed by atoms with Gasteiger partial charge in [0.1, 0.15) is 5.82 Å². The number of nitrogens with zero attached hydrogens (tertiary/aromatic N) is 2. The van der Waals surface area contributed by atoms with E-state index < -0.39 is 11.8 Å². The van der Waals surface area contributed by atoms with Crippen LogP contribution in [0.25, 0.3) is 0 Å². The van der Waals surface area contributed by atoms with E-state index >= 15 is 0 Å². The van der Waals surface area contributed by atoms with E-state index in [-0.39, 0.29) is 29.3 Å². The van der Waals surface area contributed by atoms with Crippen LogP contribution in [0.2, 0.25) is 0 Å². The van der Waals surface area contributed by atoms with E-state index in [2.05, 4.69) is 27.5 Å². The predicted molar refractivity (Wildman–Crippen MR) is 107 cm³/mol. The zero-order chi connectivity index (χ0) is 19.7. The molecule has 2 unspecified atom stereocenters. The van der Waals surface area contributed by atoms with Gasteiger partial charge < -0.3 is 15.5 Å².